The fourth-order valence-electron chi connectivity index (χ4n) is 3.86. The van der Waals surface area contributed by atoms with E-state index in [0.717, 1.165) is 29.5 Å². The summed E-state index contributed by atoms with van der Waals surface area (Å²) in [5.74, 6) is -0.0719. The van der Waals surface area contributed by atoms with E-state index >= 15 is 0 Å². The number of rotatable bonds is 5. The smallest absolute Gasteiger partial charge is 0.366 e. The highest BCUT2D eigenvalue weighted by Gasteiger charge is 2.32. The third-order valence-electron chi connectivity index (χ3n) is 5.82. The van der Waals surface area contributed by atoms with Crippen molar-refractivity contribution in [2.24, 2.45) is 5.92 Å². The molecule has 1 N–H and O–H groups in total. The Bertz CT molecular complexity index is 1250. The topological polar surface area (TPSA) is 106 Å². The minimum absolute atomic E-state index is 0.00903. The summed E-state index contributed by atoms with van der Waals surface area (Å²) >= 11 is 5.90. The van der Waals surface area contributed by atoms with Gasteiger partial charge in [0.2, 0.25) is 0 Å². The van der Waals surface area contributed by atoms with Gasteiger partial charge in [0.15, 0.2) is 11.5 Å². The molecule has 1 fully saturated rings. The van der Waals surface area contributed by atoms with Crippen LogP contribution in [-0.4, -0.2) is 38.5 Å². The Labute approximate surface area is 196 Å². The summed E-state index contributed by atoms with van der Waals surface area (Å²) in [7, 11) is 0. The van der Waals surface area contributed by atoms with Gasteiger partial charge in [0.05, 0.1) is 22.1 Å². The molecule has 0 unspecified atom stereocenters. The van der Waals surface area contributed by atoms with Crippen molar-refractivity contribution in [3.8, 4) is 0 Å². The van der Waals surface area contributed by atoms with Crippen LogP contribution in [0.25, 0.3) is 5.65 Å². The number of nitrogens with one attached hydrogen (secondary N) is 1. The first kappa shape index (κ1) is 23.7. The molecule has 0 atom stereocenters. The van der Waals surface area contributed by atoms with Crippen LogP contribution in [0.3, 0.4) is 0 Å². The molecule has 0 bridgehead atoms. The summed E-state index contributed by atoms with van der Waals surface area (Å²) in [6.07, 6.45) is -1.99. The van der Waals surface area contributed by atoms with Gasteiger partial charge in [0.25, 0.3) is 11.6 Å². The fourth-order valence-corrected chi connectivity index (χ4v) is 4.11. The molecular formula is C21H20ClF3N6O3. The minimum Gasteiger partial charge on any atom is -0.366 e. The zero-order valence-electron chi connectivity index (χ0n) is 18.0. The number of pyridine rings is 1. The van der Waals surface area contributed by atoms with E-state index in [0.29, 0.717) is 24.7 Å². The van der Waals surface area contributed by atoms with Crippen LogP contribution in [0.15, 0.2) is 30.5 Å². The van der Waals surface area contributed by atoms with Crippen LogP contribution in [0.1, 0.15) is 41.5 Å². The van der Waals surface area contributed by atoms with E-state index < -0.39 is 22.6 Å². The second kappa shape index (κ2) is 9.09. The van der Waals surface area contributed by atoms with Gasteiger partial charge in [0, 0.05) is 30.9 Å². The lowest BCUT2D eigenvalue weighted by Gasteiger charge is -2.31. The molecule has 180 valence electrons. The standard InChI is InChI=1S/C21H20ClF3N6O3/c1-12-4-6-29(7-5-12)16-3-2-13(8-17(16)31(33)34)20(32)26-10-18-27-28-19-15(22)9-14(11-30(18)19)21(23,24)25/h2-3,8-9,11-12H,4-7,10H2,1H3,(H,26,32). The SMILES string of the molecule is CC1CCN(c2ccc(C(=O)NCc3nnc4c(Cl)cc(C(F)(F)F)cn34)cc2[N+](=O)[O-])CC1. The van der Waals surface area contributed by atoms with Gasteiger partial charge in [-0.1, -0.05) is 18.5 Å². The van der Waals surface area contributed by atoms with Gasteiger partial charge in [0.1, 0.15) is 5.69 Å². The highest BCUT2D eigenvalue weighted by molar-refractivity contribution is 6.33. The summed E-state index contributed by atoms with van der Waals surface area (Å²) in [6, 6.07) is 4.97. The number of hydrogen-bond acceptors (Lipinski definition) is 6. The van der Waals surface area contributed by atoms with Gasteiger partial charge in [-0.2, -0.15) is 13.2 Å². The Kier molecular flexibility index (Phi) is 6.34. The molecule has 34 heavy (non-hydrogen) atoms. The molecule has 3 aromatic rings. The van der Waals surface area contributed by atoms with Crippen LogP contribution in [0.2, 0.25) is 5.02 Å². The average Bonchev–Trinajstić information content (AvgIpc) is 3.20. The third kappa shape index (κ3) is 4.76. The van der Waals surface area contributed by atoms with E-state index in [9.17, 15) is 28.1 Å². The van der Waals surface area contributed by atoms with Crippen molar-refractivity contribution in [1.29, 1.82) is 0 Å². The number of nitrogens with zero attached hydrogens (tertiary/aromatic N) is 5. The Morgan fingerprint density at radius 1 is 1.26 bits per heavy atom. The number of benzene rings is 1. The van der Waals surface area contributed by atoms with Crippen LogP contribution >= 0.6 is 11.6 Å². The minimum atomic E-state index is -4.63. The zero-order valence-corrected chi connectivity index (χ0v) is 18.7. The highest BCUT2D eigenvalue weighted by Crippen LogP contribution is 2.33. The van der Waals surface area contributed by atoms with Crippen molar-refractivity contribution >= 4 is 34.5 Å². The van der Waals surface area contributed by atoms with Gasteiger partial charge in [-0.05, 0) is 37.0 Å². The van der Waals surface area contributed by atoms with Crippen LogP contribution in [0.5, 0.6) is 0 Å². The number of halogens is 4. The number of piperidine rings is 1. The molecule has 0 aliphatic carbocycles. The van der Waals surface area contributed by atoms with Crippen molar-refractivity contribution in [2.75, 3.05) is 18.0 Å². The molecule has 13 heteroatoms. The number of nitro benzene ring substituents is 1. The maximum atomic E-state index is 13.1. The number of carbonyl (C=O) groups is 1. The number of anilines is 1. The number of alkyl halides is 3. The molecule has 4 rings (SSSR count). The molecule has 0 radical (unpaired) electrons. The number of hydrogen-bond donors (Lipinski definition) is 1. The van der Waals surface area contributed by atoms with Crippen LogP contribution in [0.4, 0.5) is 24.5 Å². The Morgan fingerprint density at radius 3 is 2.62 bits per heavy atom. The van der Waals surface area contributed by atoms with E-state index in [1.807, 2.05) is 4.90 Å². The molecule has 1 amide bonds. The quantitative estimate of drug-likeness (QED) is 0.412. The van der Waals surface area contributed by atoms with E-state index in [-0.39, 0.29) is 34.3 Å². The Balaban J connectivity index is 1.54. The van der Waals surface area contributed by atoms with E-state index in [1.54, 1.807) is 6.07 Å². The van der Waals surface area contributed by atoms with E-state index in [2.05, 4.69) is 22.4 Å². The van der Waals surface area contributed by atoms with Crippen LogP contribution in [0, 0.1) is 16.0 Å². The molecular weight excluding hydrogens is 477 g/mol. The van der Waals surface area contributed by atoms with Crippen molar-refractivity contribution in [3.63, 3.8) is 0 Å². The summed E-state index contributed by atoms with van der Waals surface area (Å²) in [5.41, 5.74) is -0.669. The number of nitro groups is 1. The van der Waals surface area contributed by atoms with Crippen molar-refractivity contribution in [2.45, 2.75) is 32.5 Å². The Hall–Kier alpha value is -3.41. The van der Waals surface area contributed by atoms with Crippen molar-refractivity contribution in [3.05, 3.63) is 62.6 Å². The number of amides is 1. The number of fused-ring (bicyclic) bond motifs is 1. The third-order valence-corrected chi connectivity index (χ3v) is 6.10. The predicted molar refractivity (Wildman–Crippen MR) is 118 cm³/mol. The molecule has 0 spiro atoms. The highest BCUT2D eigenvalue weighted by atomic mass is 35.5. The van der Waals surface area contributed by atoms with E-state index in [4.69, 9.17) is 11.6 Å². The molecule has 2 aromatic heterocycles. The fraction of sp³-hybridized carbons (Fsp3) is 0.381. The normalized spacial score (nSPS) is 15.0. The molecule has 3 heterocycles. The maximum Gasteiger partial charge on any atom is 0.417 e. The molecule has 9 nitrogen and oxygen atoms in total. The molecule has 1 aromatic carbocycles. The van der Waals surface area contributed by atoms with Crippen molar-refractivity contribution in [1.82, 2.24) is 19.9 Å². The number of carbonyl (C=O) groups excluding carboxylic acids is 1. The Morgan fingerprint density at radius 2 is 1.97 bits per heavy atom. The molecule has 1 saturated heterocycles. The lowest BCUT2D eigenvalue weighted by atomic mass is 9.98. The molecule has 1 aliphatic heterocycles. The zero-order chi connectivity index (χ0) is 24.6. The lowest BCUT2D eigenvalue weighted by molar-refractivity contribution is -0.384. The van der Waals surface area contributed by atoms with Gasteiger partial charge in [-0.15, -0.1) is 10.2 Å². The van der Waals surface area contributed by atoms with Gasteiger partial charge < -0.3 is 10.2 Å². The molecule has 1 aliphatic rings. The van der Waals surface area contributed by atoms with E-state index in [1.165, 1.54) is 12.1 Å². The maximum absolute atomic E-state index is 13.1. The second-order valence-electron chi connectivity index (χ2n) is 8.20. The predicted octanol–water partition coefficient (Wildman–Crippen LogP) is 4.48. The monoisotopic (exact) mass is 496 g/mol. The van der Waals surface area contributed by atoms with Crippen LogP contribution in [-0.2, 0) is 12.7 Å². The summed E-state index contributed by atoms with van der Waals surface area (Å²) in [5, 5.41) is 21.5. The summed E-state index contributed by atoms with van der Waals surface area (Å²) in [4.78, 5) is 25.7. The van der Waals surface area contributed by atoms with Gasteiger partial charge in [-0.3, -0.25) is 19.3 Å². The first-order valence-corrected chi connectivity index (χ1v) is 10.8. The van der Waals surface area contributed by atoms with Gasteiger partial charge >= 0.3 is 6.18 Å². The molecule has 0 saturated carbocycles. The van der Waals surface area contributed by atoms with Gasteiger partial charge in [-0.25, -0.2) is 0 Å². The summed E-state index contributed by atoms with van der Waals surface area (Å²) in [6.45, 7) is 3.25. The lowest BCUT2D eigenvalue weighted by Crippen LogP contribution is -2.33. The second-order valence-corrected chi connectivity index (χ2v) is 8.60. The average molecular weight is 497 g/mol. The number of aromatic nitrogens is 3. The first-order chi connectivity index (χ1) is 16.0. The summed E-state index contributed by atoms with van der Waals surface area (Å²) < 4.78 is 40.4. The van der Waals surface area contributed by atoms with Crippen LogP contribution < -0.4 is 10.2 Å². The first-order valence-electron chi connectivity index (χ1n) is 10.5. The van der Waals surface area contributed by atoms with Crippen molar-refractivity contribution < 1.29 is 22.9 Å². The largest absolute Gasteiger partial charge is 0.417 e.